The Kier molecular flexibility index (Phi) is 7.99. The molecule has 1 aliphatic rings. The normalized spacial score (nSPS) is 14.1. The van der Waals surface area contributed by atoms with Gasteiger partial charge in [0.25, 0.3) is 11.8 Å². The summed E-state index contributed by atoms with van der Waals surface area (Å²) in [6, 6.07) is 11.7. The number of pyridine rings is 1. The molecule has 1 aromatic carbocycles. The smallest absolute Gasteiger partial charge is 0.350 e. The van der Waals surface area contributed by atoms with Crippen molar-refractivity contribution >= 4 is 11.8 Å². The van der Waals surface area contributed by atoms with Crippen LogP contribution in [0, 0.1) is 0 Å². The van der Waals surface area contributed by atoms with Crippen molar-refractivity contribution in [2.24, 2.45) is 0 Å². The predicted octanol–water partition coefficient (Wildman–Crippen LogP) is 3.08. The molecule has 0 aliphatic carbocycles. The first-order chi connectivity index (χ1) is 17.3. The number of carbonyl (C=O) groups is 2. The lowest BCUT2D eigenvalue weighted by atomic mass is 10.2. The number of aromatic nitrogens is 3. The molecule has 2 N–H and O–H groups in total. The largest absolute Gasteiger partial charge is 0.435 e. The van der Waals surface area contributed by atoms with E-state index in [1.807, 2.05) is 6.07 Å². The Morgan fingerprint density at radius 1 is 0.944 bits per heavy atom. The first-order valence-corrected chi connectivity index (χ1v) is 11.8. The molecule has 2 amide bonds. The standard InChI is InChI=1S/C25H27F3N6O2/c26-25(27,28)22-21(17-34(32-22)20-6-2-1-3-7-20)24(36)30-12-11-29-23(35)18-8-9-19(31-16-18)10-15-33-13-4-5-14-33/h1-3,6-9,16-17H,4-5,10-15H2,(H,29,35)(H,30,36). The van der Waals surface area contributed by atoms with Crippen LogP contribution in [0.3, 0.4) is 0 Å². The molecule has 0 radical (unpaired) electrons. The van der Waals surface area contributed by atoms with E-state index in [1.165, 1.54) is 19.0 Å². The number of amides is 2. The molecule has 8 nitrogen and oxygen atoms in total. The molecular formula is C25H27F3N6O2. The van der Waals surface area contributed by atoms with E-state index in [0.717, 1.165) is 42.6 Å². The van der Waals surface area contributed by atoms with Gasteiger partial charge in [-0.15, -0.1) is 0 Å². The maximum absolute atomic E-state index is 13.5. The first-order valence-electron chi connectivity index (χ1n) is 11.8. The number of likely N-dealkylation sites (tertiary alicyclic amines) is 1. The molecule has 1 fully saturated rings. The van der Waals surface area contributed by atoms with E-state index in [2.05, 4.69) is 25.6 Å². The van der Waals surface area contributed by atoms with Crippen molar-refractivity contribution < 1.29 is 22.8 Å². The fourth-order valence-corrected chi connectivity index (χ4v) is 4.00. The van der Waals surface area contributed by atoms with Gasteiger partial charge in [-0.05, 0) is 50.2 Å². The minimum absolute atomic E-state index is 0.0372. The molecule has 190 valence electrons. The van der Waals surface area contributed by atoms with Crippen LogP contribution >= 0.6 is 0 Å². The fourth-order valence-electron chi connectivity index (χ4n) is 4.00. The van der Waals surface area contributed by atoms with Gasteiger partial charge in [0.15, 0.2) is 5.69 Å². The number of carbonyl (C=O) groups excluding carboxylic acids is 2. The van der Waals surface area contributed by atoms with E-state index in [4.69, 9.17) is 0 Å². The monoisotopic (exact) mass is 500 g/mol. The topological polar surface area (TPSA) is 92.2 Å². The fraction of sp³-hybridized carbons (Fsp3) is 0.360. The highest BCUT2D eigenvalue weighted by Gasteiger charge is 2.39. The lowest BCUT2D eigenvalue weighted by molar-refractivity contribution is -0.141. The molecular weight excluding hydrogens is 473 g/mol. The van der Waals surface area contributed by atoms with Crippen molar-refractivity contribution in [2.75, 3.05) is 32.7 Å². The van der Waals surface area contributed by atoms with Crippen LogP contribution in [0.1, 0.15) is 44.9 Å². The van der Waals surface area contributed by atoms with Crippen LogP contribution < -0.4 is 10.6 Å². The third kappa shape index (κ3) is 6.48. The number of alkyl halides is 3. The Balaban J connectivity index is 1.27. The van der Waals surface area contributed by atoms with Gasteiger partial charge in [0.1, 0.15) is 0 Å². The molecule has 2 aromatic heterocycles. The second-order valence-electron chi connectivity index (χ2n) is 8.52. The quantitative estimate of drug-likeness (QED) is 0.441. The second-order valence-corrected chi connectivity index (χ2v) is 8.52. The summed E-state index contributed by atoms with van der Waals surface area (Å²) in [4.78, 5) is 31.6. The van der Waals surface area contributed by atoms with Gasteiger partial charge in [0.2, 0.25) is 0 Å². The number of para-hydroxylation sites is 1. The van der Waals surface area contributed by atoms with Gasteiger partial charge in [-0.3, -0.25) is 14.6 Å². The molecule has 3 heterocycles. The van der Waals surface area contributed by atoms with Crippen LogP contribution in [0.2, 0.25) is 0 Å². The van der Waals surface area contributed by atoms with Gasteiger partial charge < -0.3 is 15.5 Å². The molecule has 0 saturated carbocycles. The summed E-state index contributed by atoms with van der Waals surface area (Å²) < 4.78 is 41.4. The highest BCUT2D eigenvalue weighted by atomic mass is 19.4. The third-order valence-electron chi connectivity index (χ3n) is 5.91. The number of hydrogen-bond donors (Lipinski definition) is 2. The maximum Gasteiger partial charge on any atom is 0.435 e. The van der Waals surface area contributed by atoms with Gasteiger partial charge in [-0.25, -0.2) is 4.68 Å². The van der Waals surface area contributed by atoms with E-state index < -0.39 is 23.3 Å². The van der Waals surface area contributed by atoms with Gasteiger partial charge in [-0.2, -0.15) is 18.3 Å². The zero-order chi connectivity index (χ0) is 25.5. The minimum Gasteiger partial charge on any atom is -0.350 e. The van der Waals surface area contributed by atoms with Crippen LogP contribution in [0.25, 0.3) is 5.69 Å². The Labute approximate surface area is 206 Å². The van der Waals surface area contributed by atoms with Crippen molar-refractivity contribution in [3.63, 3.8) is 0 Å². The number of nitrogens with zero attached hydrogens (tertiary/aromatic N) is 4. The maximum atomic E-state index is 13.5. The van der Waals surface area contributed by atoms with Crippen molar-refractivity contribution in [3.8, 4) is 5.69 Å². The van der Waals surface area contributed by atoms with E-state index in [0.29, 0.717) is 11.3 Å². The molecule has 3 aromatic rings. The molecule has 4 rings (SSSR count). The van der Waals surface area contributed by atoms with E-state index >= 15 is 0 Å². The van der Waals surface area contributed by atoms with E-state index in [1.54, 1.807) is 36.4 Å². The van der Waals surface area contributed by atoms with Gasteiger partial charge in [-0.1, -0.05) is 18.2 Å². The molecule has 1 aliphatic heterocycles. The summed E-state index contributed by atoms with van der Waals surface area (Å²) in [7, 11) is 0. The number of rotatable bonds is 9. The Bertz CT molecular complexity index is 1170. The zero-order valence-corrected chi connectivity index (χ0v) is 19.6. The Hall–Kier alpha value is -3.73. The summed E-state index contributed by atoms with van der Waals surface area (Å²) >= 11 is 0. The van der Waals surface area contributed by atoms with Crippen LogP contribution in [0.5, 0.6) is 0 Å². The lowest BCUT2D eigenvalue weighted by Gasteiger charge is -2.13. The highest BCUT2D eigenvalue weighted by molar-refractivity contribution is 5.96. The minimum atomic E-state index is -4.80. The van der Waals surface area contributed by atoms with Gasteiger partial charge >= 0.3 is 6.18 Å². The number of benzene rings is 1. The van der Waals surface area contributed by atoms with Crippen molar-refractivity contribution in [2.45, 2.75) is 25.4 Å². The van der Waals surface area contributed by atoms with Crippen molar-refractivity contribution in [1.82, 2.24) is 30.3 Å². The molecule has 0 atom stereocenters. The molecule has 0 bridgehead atoms. The van der Waals surface area contributed by atoms with E-state index in [9.17, 15) is 22.8 Å². The molecule has 36 heavy (non-hydrogen) atoms. The number of halogens is 3. The van der Waals surface area contributed by atoms with Gasteiger partial charge in [0.05, 0.1) is 16.8 Å². The van der Waals surface area contributed by atoms with Crippen molar-refractivity contribution in [3.05, 3.63) is 77.4 Å². The molecule has 0 unspecified atom stereocenters. The SMILES string of the molecule is O=C(NCCNC(=O)c1cn(-c2ccccc2)nc1C(F)(F)F)c1ccc(CCN2CCCC2)nc1. The first kappa shape index (κ1) is 25.4. The summed E-state index contributed by atoms with van der Waals surface area (Å²) in [6.45, 7) is 3.15. The zero-order valence-electron chi connectivity index (χ0n) is 19.6. The third-order valence-corrected chi connectivity index (χ3v) is 5.91. The Morgan fingerprint density at radius 2 is 1.64 bits per heavy atom. The summed E-state index contributed by atoms with van der Waals surface area (Å²) in [5, 5.41) is 8.60. The van der Waals surface area contributed by atoms with Crippen LogP contribution in [-0.2, 0) is 12.6 Å². The molecule has 0 spiro atoms. The van der Waals surface area contributed by atoms with E-state index in [-0.39, 0.29) is 19.0 Å². The highest BCUT2D eigenvalue weighted by Crippen LogP contribution is 2.31. The second kappa shape index (κ2) is 11.3. The summed E-state index contributed by atoms with van der Waals surface area (Å²) in [5.74, 6) is -1.31. The summed E-state index contributed by atoms with van der Waals surface area (Å²) in [6.07, 6.45) is 1.02. The van der Waals surface area contributed by atoms with Crippen LogP contribution in [0.15, 0.2) is 54.9 Å². The van der Waals surface area contributed by atoms with Gasteiger partial charge in [0, 0.05) is 44.1 Å². The molecule has 1 saturated heterocycles. The average molecular weight is 501 g/mol. The molecule has 11 heteroatoms. The Morgan fingerprint density at radius 3 is 2.28 bits per heavy atom. The summed E-state index contributed by atoms with van der Waals surface area (Å²) in [5.41, 5.74) is -0.197. The average Bonchev–Trinajstić information content (AvgIpc) is 3.56. The van der Waals surface area contributed by atoms with Crippen LogP contribution in [-0.4, -0.2) is 64.2 Å². The number of nitrogens with one attached hydrogen (secondary N) is 2. The van der Waals surface area contributed by atoms with Crippen molar-refractivity contribution in [1.29, 1.82) is 0 Å². The number of hydrogen-bond acceptors (Lipinski definition) is 5. The lowest BCUT2D eigenvalue weighted by Crippen LogP contribution is -2.35. The predicted molar refractivity (Wildman–Crippen MR) is 127 cm³/mol. The van der Waals surface area contributed by atoms with Crippen LogP contribution in [0.4, 0.5) is 13.2 Å².